The summed E-state index contributed by atoms with van der Waals surface area (Å²) in [5.74, 6) is -7.64. The molecule has 0 radical (unpaired) electrons. The van der Waals surface area contributed by atoms with Gasteiger partial charge < -0.3 is 40.8 Å². The van der Waals surface area contributed by atoms with E-state index in [1.807, 2.05) is 0 Å². The van der Waals surface area contributed by atoms with Gasteiger partial charge in [0.1, 0.15) is 33.5 Å². The van der Waals surface area contributed by atoms with E-state index in [0.29, 0.717) is 11.3 Å². The van der Waals surface area contributed by atoms with Gasteiger partial charge in [0.2, 0.25) is 5.78 Å². The third kappa shape index (κ3) is 4.30. The molecule has 43 heavy (non-hydrogen) atoms. The molecule has 2 aromatic rings. The van der Waals surface area contributed by atoms with Crippen LogP contribution in [0.2, 0.25) is 0 Å². The molecule has 1 fully saturated rings. The molecule has 228 valence electrons. The number of phenols is 1. The van der Waals surface area contributed by atoms with Gasteiger partial charge in [0.15, 0.2) is 11.4 Å². The van der Waals surface area contributed by atoms with Crippen LogP contribution in [-0.2, 0) is 27.3 Å². The van der Waals surface area contributed by atoms with Crippen LogP contribution in [0.15, 0.2) is 39.5 Å². The lowest BCUT2D eigenvalue weighted by molar-refractivity contribution is -0.402. The highest BCUT2D eigenvalue weighted by atomic mass is 16.6. The van der Waals surface area contributed by atoms with Crippen molar-refractivity contribution >= 4 is 40.5 Å². The number of anilines is 2. The fourth-order valence-electron chi connectivity index (χ4n) is 6.57. The number of ketones is 2. The van der Waals surface area contributed by atoms with Gasteiger partial charge in [-0.1, -0.05) is 0 Å². The monoisotopic (exact) mass is 597 g/mol. The number of nitrogens with one attached hydrogen (secondary N) is 1. The minimum atomic E-state index is -2.74. The van der Waals surface area contributed by atoms with Crippen LogP contribution in [0, 0.1) is 22.0 Å². The lowest BCUT2D eigenvalue weighted by Crippen LogP contribution is -2.65. The third-order valence-corrected chi connectivity index (χ3v) is 8.46. The highest BCUT2D eigenvalue weighted by molar-refractivity contribution is 6.24. The zero-order chi connectivity index (χ0) is 31.7. The number of fused-ring (bicyclic) bond motifs is 3. The van der Waals surface area contributed by atoms with Crippen molar-refractivity contribution in [1.82, 2.24) is 4.90 Å². The lowest BCUT2D eigenvalue weighted by Gasteiger charge is -2.50. The summed E-state index contributed by atoms with van der Waals surface area (Å²) in [6.45, 7) is -0.0676. The largest absolute Gasteiger partial charge is 0.508 e. The average Bonchev–Trinajstić information content (AvgIpc) is 3.39. The van der Waals surface area contributed by atoms with E-state index < -0.39 is 74.6 Å². The number of nitrogens with zero attached hydrogens (tertiary/aromatic N) is 3. The molecule has 0 spiro atoms. The number of primary amides is 1. The maximum Gasteiger partial charge on any atom is 0.433 e. The molecule has 1 aromatic carbocycles. The van der Waals surface area contributed by atoms with E-state index in [1.54, 1.807) is 25.1 Å². The van der Waals surface area contributed by atoms with E-state index in [2.05, 4.69) is 5.32 Å². The van der Waals surface area contributed by atoms with Crippen molar-refractivity contribution in [2.24, 2.45) is 17.6 Å². The number of likely N-dealkylation sites (N-methyl/N-ethyl adjacent to an activating group) is 1. The van der Waals surface area contributed by atoms with E-state index in [9.17, 15) is 44.9 Å². The number of amides is 1. The Labute approximate surface area is 244 Å². The Hall–Kier alpha value is -4.89. The number of aromatic hydroxyl groups is 1. The first-order valence-corrected chi connectivity index (χ1v) is 13.3. The van der Waals surface area contributed by atoms with Crippen LogP contribution in [0.3, 0.4) is 0 Å². The summed E-state index contributed by atoms with van der Waals surface area (Å²) in [6, 6.07) is 3.02. The fraction of sp³-hybridized carbons (Fsp3) is 0.393. The Kier molecular flexibility index (Phi) is 6.97. The Morgan fingerprint density at radius 2 is 1.88 bits per heavy atom. The van der Waals surface area contributed by atoms with Gasteiger partial charge in [-0.25, -0.2) is 0 Å². The molecule has 1 saturated carbocycles. The van der Waals surface area contributed by atoms with Gasteiger partial charge >= 0.3 is 5.88 Å². The number of carbonyl (C=O) groups is 3. The van der Waals surface area contributed by atoms with E-state index in [1.165, 1.54) is 31.1 Å². The van der Waals surface area contributed by atoms with Crippen molar-refractivity contribution in [2.75, 3.05) is 38.4 Å². The number of benzene rings is 1. The van der Waals surface area contributed by atoms with Crippen molar-refractivity contribution in [3.8, 4) is 5.75 Å². The van der Waals surface area contributed by atoms with Gasteiger partial charge in [0.05, 0.1) is 29.9 Å². The Morgan fingerprint density at radius 3 is 2.44 bits per heavy atom. The molecule has 1 aromatic heterocycles. The molecular formula is C28H31N5O10. The molecule has 1 heterocycles. The number of aliphatic hydroxyl groups excluding tert-OH is 2. The van der Waals surface area contributed by atoms with Gasteiger partial charge in [0.25, 0.3) is 5.91 Å². The van der Waals surface area contributed by atoms with Crippen LogP contribution < -0.4 is 16.0 Å². The second-order valence-corrected chi connectivity index (χ2v) is 11.4. The molecule has 7 N–H and O–H groups in total. The normalized spacial score (nSPS) is 24.9. The number of furan rings is 1. The number of phenolic OH excluding ortho intramolecular Hbond substituents is 1. The van der Waals surface area contributed by atoms with Crippen molar-refractivity contribution in [3.05, 3.63) is 62.1 Å². The number of hydrogen-bond donors (Lipinski definition) is 6. The van der Waals surface area contributed by atoms with E-state index >= 15 is 0 Å². The molecule has 0 unspecified atom stereocenters. The Balaban J connectivity index is 1.64. The number of Topliss-reactive ketones (excluding diaryl/α,β-unsaturated/α-hetero) is 2. The maximum absolute atomic E-state index is 14.1. The Bertz CT molecular complexity index is 1650. The first-order valence-electron chi connectivity index (χ1n) is 13.3. The lowest BCUT2D eigenvalue weighted by atomic mass is 9.57. The first-order chi connectivity index (χ1) is 20.1. The fourth-order valence-corrected chi connectivity index (χ4v) is 6.57. The highest BCUT2D eigenvalue weighted by Crippen LogP contribution is 2.54. The summed E-state index contributed by atoms with van der Waals surface area (Å²) in [5, 5.41) is 59.5. The van der Waals surface area contributed by atoms with Crippen LogP contribution in [0.4, 0.5) is 17.3 Å². The smallest absolute Gasteiger partial charge is 0.433 e. The van der Waals surface area contributed by atoms with Gasteiger partial charge in [-0.05, 0) is 50.6 Å². The highest BCUT2D eigenvalue weighted by Gasteiger charge is 2.64. The number of aliphatic hydroxyl groups is 3. The summed E-state index contributed by atoms with van der Waals surface area (Å²) in [7, 11) is 6.54. The number of hydrogen-bond acceptors (Lipinski definition) is 13. The molecule has 4 atom stereocenters. The molecule has 1 amide bonds. The zero-order valence-corrected chi connectivity index (χ0v) is 23.7. The van der Waals surface area contributed by atoms with E-state index in [0.717, 1.165) is 0 Å². The van der Waals surface area contributed by atoms with Gasteiger partial charge in [-0.2, -0.15) is 0 Å². The van der Waals surface area contributed by atoms with E-state index in [4.69, 9.17) is 10.2 Å². The Morgan fingerprint density at radius 1 is 1.21 bits per heavy atom. The van der Waals surface area contributed by atoms with Crippen LogP contribution in [-0.4, -0.2) is 87.6 Å². The summed E-state index contributed by atoms with van der Waals surface area (Å²) in [6.07, 6.45) is 0.0942. The second kappa shape index (κ2) is 10.1. The molecule has 5 rings (SSSR count). The van der Waals surface area contributed by atoms with Crippen molar-refractivity contribution in [3.63, 3.8) is 0 Å². The molecule has 0 saturated heterocycles. The summed E-state index contributed by atoms with van der Waals surface area (Å²) in [5.41, 5.74) is 2.55. The summed E-state index contributed by atoms with van der Waals surface area (Å²) in [4.78, 5) is 52.9. The average molecular weight is 598 g/mol. The number of carbonyl (C=O) groups excluding carboxylic acids is 3. The van der Waals surface area contributed by atoms with Crippen LogP contribution in [0.1, 0.15) is 23.3 Å². The molecule has 15 nitrogen and oxygen atoms in total. The summed E-state index contributed by atoms with van der Waals surface area (Å²) >= 11 is 0. The standard InChI is InChI=1S/C28H31N5O10/c1-31(2)16-9-15(30-10-12-5-6-17(43-12)33(41)42)22(34)19-13(16)7-11-8-14-21(32(3)4)24(36)20(27(29)39)26(38)28(14,40)25(37)18(11)23(19)35/h5-6,9,11,14,21,30,34-35,38,40H,7-8,10H2,1-4H3,(H2,29,39)/t11-,14-,21-,28-/m0/s1. The minimum Gasteiger partial charge on any atom is -0.508 e. The molecule has 0 aliphatic heterocycles. The third-order valence-electron chi connectivity index (χ3n) is 8.46. The molecular weight excluding hydrogens is 566 g/mol. The second-order valence-electron chi connectivity index (χ2n) is 11.4. The predicted molar refractivity (Wildman–Crippen MR) is 151 cm³/mol. The number of nitro groups is 1. The molecule has 3 aliphatic rings. The minimum absolute atomic E-state index is 0.0311. The zero-order valence-electron chi connectivity index (χ0n) is 23.7. The molecule has 15 heteroatoms. The predicted octanol–water partition coefficient (Wildman–Crippen LogP) is 1.14. The molecule has 0 bridgehead atoms. The van der Waals surface area contributed by atoms with Crippen LogP contribution in [0.25, 0.3) is 5.76 Å². The van der Waals surface area contributed by atoms with Crippen LogP contribution >= 0.6 is 0 Å². The topological polar surface area (TPSA) is 233 Å². The van der Waals surface area contributed by atoms with Gasteiger partial charge in [-0.15, -0.1) is 0 Å². The van der Waals surface area contributed by atoms with E-state index in [-0.39, 0.29) is 42.0 Å². The van der Waals surface area contributed by atoms with Gasteiger partial charge in [0, 0.05) is 31.3 Å². The molecule has 3 aliphatic carbocycles. The SMILES string of the molecule is CN(C)c1cc(NCc2ccc([N+](=O)[O-])o2)c(O)c2c1C[C@H]1C[C@H]3[C@H](N(C)C)C(=O)C(C(N)=O)=C(O)[C@@]3(O)C(=O)C1=C2O. The summed E-state index contributed by atoms with van der Waals surface area (Å²) < 4.78 is 5.16. The van der Waals surface area contributed by atoms with Crippen molar-refractivity contribution in [1.29, 1.82) is 0 Å². The van der Waals surface area contributed by atoms with Gasteiger partial charge in [-0.3, -0.25) is 29.4 Å². The van der Waals surface area contributed by atoms with Crippen LogP contribution in [0.5, 0.6) is 5.75 Å². The maximum atomic E-state index is 14.1. The first kappa shape index (κ1) is 29.6. The van der Waals surface area contributed by atoms with Crippen molar-refractivity contribution in [2.45, 2.75) is 31.0 Å². The number of nitrogens with two attached hydrogens (primary N) is 1. The quantitative estimate of drug-likeness (QED) is 0.114. The number of rotatable bonds is 7. The van der Waals surface area contributed by atoms with Crippen molar-refractivity contribution < 1.29 is 44.2 Å².